The third-order valence-corrected chi connectivity index (χ3v) is 0.610. The SMILES string of the molecule is C.C.COCOC(C)(C)C. The van der Waals surface area contributed by atoms with Crippen molar-refractivity contribution in [1.82, 2.24) is 0 Å². The van der Waals surface area contributed by atoms with E-state index in [0.717, 1.165) is 0 Å². The summed E-state index contributed by atoms with van der Waals surface area (Å²) in [5.74, 6) is 0. The van der Waals surface area contributed by atoms with Crippen molar-refractivity contribution >= 4 is 0 Å². The van der Waals surface area contributed by atoms with E-state index < -0.39 is 0 Å². The van der Waals surface area contributed by atoms with E-state index in [-0.39, 0.29) is 20.5 Å². The van der Waals surface area contributed by atoms with E-state index in [4.69, 9.17) is 9.47 Å². The summed E-state index contributed by atoms with van der Waals surface area (Å²) >= 11 is 0. The second-order valence-corrected chi connectivity index (χ2v) is 2.66. The fraction of sp³-hybridized carbons (Fsp3) is 1.00. The Morgan fingerprint density at radius 1 is 1.10 bits per heavy atom. The van der Waals surface area contributed by atoms with Crippen LogP contribution in [0.1, 0.15) is 35.6 Å². The van der Waals surface area contributed by atoms with E-state index in [0.29, 0.717) is 6.79 Å². The molecule has 0 aromatic rings. The number of hydrogen-bond acceptors (Lipinski definition) is 2. The first-order chi connectivity index (χ1) is 3.56. The molecule has 0 aromatic heterocycles. The Morgan fingerprint density at radius 3 is 1.60 bits per heavy atom. The molecule has 0 aromatic carbocycles. The van der Waals surface area contributed by atoms with Gasteiger partial charge in [0, 0.05) is 7.11 Å². The molecule has 0 aliphatic rings. The van der Waals surface area contributed by atoms with Gasteiger partial charge in [-0.2, -0.15) is 0 Å². The normalized spacial score (nSPS) is 9.60. The standard InChI is InChI=1S/C6H14O2.2CH4/c1-6(2,3)8-5-7-4;;/h5H2,1-4H3;2*1H4. The third-order valence-electron chi connectivity index (χ3n) is 0.610. The van der Waals surface area contributed by atoms with E-state index in [1.165, 1.54) is 0 Å². The van der Waals surface area contributed by atoms with E-state index in [9.17, 15) is 0 Å². The third kappa shape index (κ3) is 15.7. The van der Waals surface area contributed by atoms with E-state index in [2.05, 4.69) is 0 Å². The Kier molecular flexibility index (Phi) is 11.6. The summed E-state index contributed by atoms with van der Waals surface area (Å²) in [6.07, 6.45) is 0. The highest BCUT2D eigenvalue weighted by molar-refractivity contribution is 4.56. The molecule has 66 valence electrons. The van der Waals surface area contributed by atoms with Gasteiger partial charge in [0.25, 0.3) is 0 Å². The zero-order valence-electron chi connectivity index (χ0n) is 6.02. The van der Waals surface area contributed by atoms with Crippen molar-refractivity contribution in [2.75, 3.05) is 13.9 Å². The Labute approximate surface area is 65.5 Å². The molecule has 0 rings (SSSR count). The quantitative estimate of drug-likeness (QED) is 0.563. The maximum absolute atomic E-state index is 5.16. The van der Waals surface area contributed by atoms with E-state index in [1.807, 2.05) is 20.8 Å². The van der Waals surface area contributed by atoms with Crippen molar-refractivity contribution in [2.45, 2.75) is 41.2 Å². The molecule has 0 radical (unpaired) electrons. The molecule has 10 heavy (non-hydrogen) atoms. The Morgan fingerprint density at radius 2 is 1.50 bits per heavy atom. The summed E-state index contributed by atoms with van der Waals surface area (Å²) < 4.78 is 9.85. The number of hydrogen-bond donors (Lipinski definition) is 0. The first kappa shape index (κ1) is 16.5. The van der Waals surface area contributed by atoms with Crippen LogP contribution in [0.2, 0.25) is 0 Å². The lowest BCUT2D eigenvalue weighted by Crippen LogP contribution is -2.20. The van der Waals surface area contributed by atoms with Crippen LogP contribution in [0.25, 0.3) is 0 Å². The summed E-state index contributed by atoms with van der Waals surface area (Å²) in [6, 6.07) is 0. The van der Waals surface area contributed by atoms with Crippen molar-refractivity contribution in [2.24, 2.45) is 0 Å². The minimum absolute atomic E-state index is 0. The van der Waals surface area contributed by atoms with Gasteiger partial charge in [0.15, 0.2) is 0 Å². The van der Waals surface area contributed by atoms with Crippen LogP contribution in [-0.2, 0) is 9.47 Å². The molecule has 0 saturated carbocycles. The average Bonchev–Trinajstić information content (AvgIpc) is 1.59. The van der Waals surface area contributed by atoms with Crippen LogP contribution < -0.4 is 0 Å². The molecule has 0 N–H and O–H groups in total. The molecule has 0 saturated heterocycles. The lowest BCUT2D eigenvalue weighted by Gasteiger charge is -2.17. The van der Waals surface area contributed by atoms with Crippen LogP contribution in [0.4, 0.5) is 0 Å². The maximum atomic E-state index is 5.16. The molecule has 0 aliphatic carbocycles. The minimum Gasteiger partial charge on any atom is -0.359 e. The summed E-state index contributed by atoms with van der Waals surface area (Å²) in [6.45, 7) is 6.35. The average molecular weight is 150 g/mol. The van der Waals surface area contributed by atoms with Gasteiger partial charge in [-0.05, 0) is 20.8 Å². The number of methoxy groups -OCH3 is 1. The van der Waals surface area contributed by atoms with Gasteiger partial charge >= 0.3 is 0 Å². The fourth-order valence-corrected chi connectivity index (χ4v) is 0.236. The second-order valence-electron chi connectivity index (χ2n) is 2.66. The molecule has 2 nitrogen and oxygen atoms in total. The molecular formula is C8H22O2. The van der Waals surface area contributed by atoms with Crippen molar-refractivity contribution < 1.29 is 9.47 Å². The molecule has 2 heteroatoms. The van der Waals surface area contributed by atoms with Crippen LogP contribution in [0.15, 0.2) is 0 Å². The monoisotopic (exact) mass is 150 g/mol. The highest BCUT2D eigenvalue weighted by Crippen LogP contribution is 2.04. The van der Waals surface area contributed by atoms with Crippen molar-refractivity contribution in [3.8, 4) is 0 Å². The van der Waals surface area contributed by atoms with Gasteiger partial charge in [-0.25, -0.2) is 0 Å². The van der Waals surface area contributed by atoms with E-state index in [1.54, 1.807) is 7.11 Å². The Hall–Kier alpha value is -0.0800. The lowest BCUT2D eigenvalue weighted by molar-refractivity contribution is -0.105. The highest BCUT2D eigenvalue weighted by atomic mass is 16.7. The maximum Gasteiger partial charge on any atom is 0.147 e. The fourth-order valence-electron chi connectivity index (χ4n) is 0.236. The van der Waals surface area contributed by atoms with Crippen LogP contribution in [0.3, 0.4) is 0 Å². The van der Waals surface area contributed by atoms with Crippen molar-refractivity contribution in [3.63, 3.8) is 0 Å². The van der Waals surface area contributed by atoms with Gasteiger partial charge in [0.05, 0.1) is 5.60 Å². The molecule has 0 fully saturated rings. The molecule has 0 atom stereocenters. The van der Waals surface area contributed by atoms with Crippen LogP contribution in [0.5, 0.6) is 0 Å². The zero-order valence-corrected chi connectivity index (χ0v) is 6.02. The van der Waals surface area contributed by atoms with Crippen LogP contribution >= 0.6 is 0 Å². The van der Waals surface area contributed by atoms with Crippen molar-refractivity contribution in [1.29, 1.82) is 0 Å². The smallest absolute Gasteiger partial charge is 0.147 e. The topological polar surface area (TPSA) is 18.5 Å². The van der Waals surface area contributed by atoms with Crippen molar-refractivity contribution in [3.05, 3.63) is 0 Å². The van der Waals surface area contributed by atoms with Crippen LogP contribution in [0, 0.1) is 0 Å². The van der Waals surface area contributed by atoms with E-state index >= 15 is 0 Å². The summed E-state index contributed by atoms with van der Waals surface area (Å²) in [5.41, 5.74) is -0.0734. The number of ether oxygens (including phenoxy) is 2. The Balaban J connectivity index is -0.000000245. The lowest BCUT2D eigenvalue weighted by atomic mass is 10.2. The molecule has 0 unspecified atom stereocenters. The van der Waals surface area contributed by atoms with Gasteiger partial charge < -0.3 is 9.47 Å². The van der Waals surface area contributed by atoms with Crippen LogP contribution in [-0.4, -0.2) is 19.5 Å². The minimum atomic E-state index is -0.0734. The van der Waals surface area contributed by atoms with Gasteiger partial charge in [-0.3, -0.25) is 0 Å². The molecule has 0 amide bonds. The largest absolute Gasteiger partial charge is 0.359 e. The molecule has 0 bridgehead atoms. The summed E-state index contributed by atoms with van der Waals surface area (Å²) in [7, 11) is 1.62. The Bertz CT molecular complexity index is 54.8. The zero-order chi connectivity index (χ0) is 6.62. The van der Waals surface area contributed by atoms with Gasteiger partial charge in [0.2, 0.25) is 0 Å². The molecule has 0 aliphatic heterocycles. The predicted octanol–water partition coefficient (Wildman–Crippen LogP) is 2.68. The highest BCUT2D eigenvalue weighted by Gasteiger charge is 2.07. The molecule has 0 heterocycles. The van der Waals surface area contributed by atoms with Gasteiger partial charge in [-0.15, -0.1) is 0 Å². The summed E-state index contributed by atoms with van der Waals surface area (Å²) in [4.78, 5) is 0. The first-order valence-electron chi connectivity index (χ1n) is 2.69. The van der Waals surface area contributed by atoms with Gasteiger partial charge in [0.1, 0.15) is 6.79 Å². The summed E-state index contributed by atoms with van der Waals surface area (Å²) in [5, 5.41) is 0. The number of rotatable bonds is 2. The second kappa shape index (κ2) is 7.03. The molecule has 0 spiro atoms. The van der Waals surface area contributed by atoms with Gasteiger partial charge in [-0.1, -0.05) is 14.9 Å². The predicted molar refractivity (Wildman–Crippen MR) is 46.2 cm³/mol. The first-order valence-corrected chi connectivity index (χ1v) is 2.69. The molecular weight excluding hydrogens is 128 g/mol.